The molecule has 1 fully saturated rings. The van der Waals surface area contributed by atoms with Gasteiger partial charge in [0.15, 0.2) is 0 Å². The van der Waals surface area contributed by atoms with Gasteiger partial charge in [-0.2, -0.15) is 0 Å². The molecule has 1 heterocycles. The molecule has 3 rings (SSSR count). The van der Waals surface area contributed by atoms with Crippen LogP contribution in [0.2, 0.25) is 0 Å². The molecule has 0 bridgehead atoms. The molecule has 0 aliphatic carbocycles. The summed E-state index contributed by atoms with van der Waals surface area (Å²) in [4.78, 5) is 25.2. The van der Waals surface area contributed by atoms with E-state index in [0.29, 0.717) is 12.4 Å². The third-order valence-electron chi connectivity index (χ3n) is 3.73. The molecule has 0 saturated carbocycles. The standard InChI is InChI=1S/C20H18N2O3/c1-2-12-22-19(23)17(21-20(22)24)13-16-10-6-7-11-18(16)25-14-15-8-4-3-5-9-15/h2-11,13H,1,12,14H2,(H,21,24)/b17-13+. The van der Waals surface area contributed by atoms with Gasteiger partial charge in [-0.25, -0.2) is 4.79 Å². The molecule has 1 aliphatic rings. The van der Waals surface area contributed by atoms with Gasteiger partial charge in [0.1, 0.15) is 18.1 Å². The largest absolute Gasteiger partial charge is 0.488 e. The first-order chi connectivity index (χ1) is 12.2. The maximum Gasteiger partial charge on any atom is 0.329 e. The Labute approximate surface area is 146 Å². The number of rotatable bonds is 6. The minimum atomic E-state index is -0.446. The fraction of sp³-hybridized carbons (Fsp3) is 0.100. The van der Waals surface area contributed by atoms with Crippen molar-refractivity contribution in [2.45, 2.75) is 6.61 Å². The molecule has 3 amide bonds. The normalized spacial score (nSPS) is 15.4. The molecule has 5 heteroatoms. The van der Waals surface area contributed by atoms with E-state index < -0.39 is 6.03 Å². The molecule has 1 saturated heterocycles. The lowest BCUT2D eigenvalue weighted by Gasteiger charge is -2.10. The van der Waals surface area contributed by atoms with Crippen LogP contribution in [0.3, 0.4) is 0 Å². The number of para-hydroxylation sites is 1. The molecule has 0 aromatic heterocycles. The van der Waals surface area contributed by atoms with Gasteiger partial charge in [0, 0.05) is 12.1 Å². The minimum absolute atomic E-state index is 0.175. The van der Waals surface area contributed by atoms with Crippen LogP contribution in [0.15, 0.2) is 72.9 Å². The van der Waals surface area contributed by atoms with Crippen molar-refractivity contribution in [2.75, 3.05) is 6.54 Å². The molecular weight excluding hydrogens is 316 g/mol. The Kier molecular flexibility index (Phi) is 4.95. The maximum absolute atomic E-state index is 12.3. The van der Waals surface area contributed by atoms with Crippen molar-refractivity contribution >= 4 is 18.0 Å². The second kappa shape index (κ2) is 7.49. The van der Waals surface area contributed by atoms with E-state index in [4.69, 9.17) is 4.74 Å². The second-order valence-corrected chi connectivity index (χ2v) is 5.50. The molecule has 2 aromatic rings. The number of nitrogens with one attached hydrogen (secondary N) is 1. The van der Waals surface area contributed by atoms with Crippen LogP contribution in [-0.4, -0.2) is 23.4 Å². The van der Waals surface area contributed by atoms with Gasteiger partial charge in [-0.3, -0.25) is 9.69 Å². The Morgan fingerprint density at radius 2 is 1.76 bits per heavy atom. The van der Waals surface area contributed by atoms with Crippen LogP contribution in [0, 0.1) is 0 Å². The molecule has 0 unspecified atom stereocenters. The molecule has 0 spiro atoms. The second-order valence-electron chi connectivity index (χ2n) is 5.50. The highest BCUT2D eigenvalue weighted by atomic mass is 16.5. The summed E-state index contributed by atoms with van der Waals surface area (Å²) in [6.45, 7) is 4.15. The van der Waals surface area contributed by atoms with E-state index in [1.54, 1.807) is 6.08 Å². The van der Waals surface area contributed by atoms with Crippen molar-refractivity contribution in [2.24, 2.45) is 0 Å². The van der Waals surface area contributed by atoms with Gasteiger partial charge >= 0.3 is 6.03 Å². The lowest BCUT2D eigenvalue weighted by molar-refractivity contribution is -0.122. The zero-order chi connectivity index (χ0) is 17.6. The third-order valence-corrected chi connectivity index (χ3v) is 3.73. The number of imide groups is 1. The minimum Gasteiger partial charge on any atom is -0.488 e. The van der Waals surface area contributed by atoms with Gasteiger partial charge in [-0.05, 0) is 17.7 Å². The highest BCUT2D eigenvalue weighted by Gasteiger charge is 2.32. The molecule has 5 nitrogen and oxygen atoms in total. The summed E-state index contributed by atoms with van der Waals surface area (Å²) in [5.41, 5.74) is 2.00. The summed E-state index contributed by atoms with van der Waals surface area (Å²) in [6.07, 6.45) is 3.14. The average Bonchev–Trinajstić information content (AvgIpc) is 2.90. The zero-order valence-electron chi connectivity index (χ0n) is 13.6. The van der Waals surface area contributed by atoms with E-state index in [2.05, 4.69) is 11.9 Å². The molecule has 126 valence electrons. The number of carbonyl (C=O) groups is 2. The average molecular weight is 334 g/mol. The Morgan fingerprint density at radius 1 is 1.04 bits per heavy atom. The van der Waals surface area contributed by atoms with Crippen LogP contribution in [0.4, 0.5) is 4.79 Å². The van der Waals surface area contributed by atoms with Crippen LogP contribution in [0.5, 0.6) is 5.75 Å². The summed E-state index contributed by atoms with van der Waals surface area (Å²) < 4.78 is 5.87. The van der Waals surface area contributed by atoms with Crippen molar-refractivity contribution in [3.8, 4) is 5.75 Å². The lowest BCUT2D eigenvalue weighted by Crippen LogP contribution is -2.30. The van der Waals surface area contributed by atoms with E-state index >= 15 is 0 Å². The highest BCUT2D eigenvalue weighted by Crippen LogP contribution is 2.23. The van der Waals surface area contributed by atoms with Gasteiger partial charge in [-0.1, -0.05) is 54.6 Å². The third kappa shape index (κ3) is 3.77. The molecular formula is C20H18N2O3. The summed E-state index contributed by atoms with van der Waals surface area (Å²) in [7, 11) is 0. The summed E-state index contributed by atoms with van der Waals surface area (Å²) in [5.74, 6) is 0.269. The molecule has 1 aliphatic heterocycles. The van der Waals surface area contributed by atoms with E-state index in [-0.39, 0.29) is 18.1 Å². The molecule has 1 N–H and O–H groups in total. The first kappa shape index (κ1) is 16.5. The summed E-state index contributed by atoms with van der Waals surface area (Å²) in [5, 5.41) is 2.58. The number of hydrogen-bond acceptors (Lipinski definition) is 3. The predicted octanol–water partition coefficient (Wildman–Crippen LogP) is 3.34. The predicted molar refractivity (Wildman–Crippen MR) is 95.6 cm³/mol. The van der Waals surface area contributed by atoms with Crippen LogP contribution in [0.1, 0.15) is 11.1 Å². The topological polar surface area (TPSA) is 58.6 Å². The number of benzene rings is 2. The van der Waals surface area contributed by atoms with E-state index in [0.717, 1.165) is 16.0 Å². The number of nitrogens with zero attached hydrogens (tertiary/aromatic N) is 1. The van der Waals surface area contributed by atoms with Crippen molar-refractivity contribution in [3.05, 3.63) is 84.1 Å². The van der Waals surface area contributed by atoms with Crippen molar-refractivity contribution in [3.63, 3.8) is 0 Å². The fourth-order valence-corrected chi connectivity index (χ4v) is 2.49. The Morgan fingerprint density at radius 3 is 2.52 bits per heavy atom. The Balaban J connectivity index is 1.80. The number of carbonyl (C=O) groups excluding carboxylic acids is 2. The van der Waals surface area contributed by atoms with Gasteiger partial charge in [0.05, 0.1) is 0 Å². The summed E-state index contributed by atoms with van der Waals surface area (Å²) >= 11 is 0. The molecule has 2 aromatic carbocycles. The number of urea groups is 1. The number of amides is 3. The monoisotopic (exact) mass is 334 g/mol. The van der Waals surface area contributed by atoms with Gasteiger partial charge in [0.2, 0.25) is 0 Å². The lowest BCUT2D eigenvalue weighted by atomic mass is 10.1. The van der Waals surface area contributed by atoms with Gasteiger partial charge in [0.25, 0.3) is 5.91 Å². The maximum atomic E-state index is 12.3. The molecule has 25 heavy (non-hydrogen) atoms. The Bertz CT molecular complexity index is 828. The SMILES string of the molecule is C=CCN1C(=O)N/C(=C/c2ccccc2OCc2ccccc2)C1=O. The number of hydrogen-bond donors (Lipinski definition) is 1. The first-order valence-corrected chi connectivity index (χ1v) is 7.90. The van der Waals surface area contributed by atoms with E-state index in [1.807, 2.05) is 54.6 Å². The smallest absolute Gasteiger partial charge is 0.329 e. The molecule has 0 atom stereocenters. The zero-order valence-corrected chi connectivity index (χ0v) is 13.6. The van der Waals surface area contributed by atoms with E-state index in [9.17, 15) is 9.59 Å². The van der Waals surface area contributed by atoms with E-state index in [1.165, 1.54) is 6.08 Å². The Hall–Kier alpha value is -3.34. The summed E-state index contributed by atoms with van der Waals surface area (Å²) in [6, 6.07) is 16.8. The number of ether oxygens (including phenoxy) is 1. The van der Waals surface area contributed by atoms with Crippen LogP contribution in [-0.2, 0) is 11.4 Å². The van der Waals surface area contributed by atoms with Gasteiger partial charge in [-0.15, -0.1) is 6.58 Å². The van der Waals surface area contributed by atoms with Crippen molar-refractivity contribution in [1.82, 2.24) is 10.2 Å². The highest BCUT2D eigenvalue weighted by molar-refractivity contribution is 6.14. The van der Waals surface area contributed by atoms with Crippen molar-refractivity contribution in [1.29, 1.82) is 0 Å². The van der Waals surface area contributed by atoms with Gasteiger partial charge < -0.3 is 10.1 Å². The van der Waals surface area contributed by atoms with Crippen LogP contribution < -0.4 is 10.1 Å². The molecule has 0 radical (unpaired) electrons. The van der Waals surface area contributed by atoms with Crippen LogP contribution >= 0.6 is 0 Å². The van der Waals surface area contributed by atoms with Crippen molar-refractivity contribution < 1.29 is 14.3 Å². The van der Waals surface area contributed by atoms with Crippen LogP contribution in [0.25, 0.3) is 6.08 Å². The fourth-order valence-electron chi connectivity index (χ4n) is 2.49. The first-order valence-electron chi connectivity index (χ1n) is 7.90. The quantitative estimate of drug-likeness (QED) is 0.501.